The van der Waals surface area contributed by atoms with Crippen LogP contribution in [0.3, 0.4) is 0 Å². The lowest BCUT2D eigenvalue weighted by Gasteiger charge is -2.27. The number of methoxy groups -OCH3 is 2. The van der Waals surface area contributed by atoms with Crippen LogP contribution < -0.4 is 19.5 Å². The van der Waals surface area contributed by atoms with Crippen LogP contribution in [0.25, 0.3) is 0 Å². The smallest absolute Gasteiger partial charge is 0.174 e. The molecule has 168 valence electrons. The molecule has 0 fully saturated rings. The maximum atomic E-state index is 5.86. The molecule has 5 nitrogen and oxygen atoms in total. The molecule has 0 aliphatic carbocycles. The van der Waals surface area contributed by atoms with Crippen LogP contribution in [0.2, 0.25) is 0 Å². The maximum Gasteiger partial charge on any atom is 0.174 e. The number of nitrogens with zero attached hydrogens (tertiary/aromatic N) is 1. The van der Waals surface area contributed by atoms with E-state index in [1.807, 2.05) is 62.4 Å². The fourth-order valence-corrected chi connectivity index (χ4v) is 3.64. The Hall–Kier alpha value is -3.25. The zero-order valence-electron chi connectivity index (χ0n) is 19.1. The summed E-state index contributed by atoms with van der Waals surface area (Å²) in [5.41, 5.74) is 4.16. The summed E-state index contributed by atoms with van der Waals surface area (Å²) >= 11 is 5.86. The standard InChI is InChI=1S/C26H30N2O3S/c1-5-31-24-9-7-6-8-21(24)18-28(17-20-11-13-22(29-3)14-12-20)26(32)27-23-16-19(2)10-15-25(23)30-4/h6-16H,5,17-18H2,1-4H3,(H,27,32). The fraction of sp³-hybridized carbons (Fsp3) is 0.269. The summed E-state index contributed by atoms with van der Waals surface area (Å²) in [6.45, 7) is 5.87. The van der Waals surface area contributed by atoms with Crippen molar-refractivity contribution >= 4 is 23.0 Å². The molecule has 3 aromatic rings. The Morgan fingerprint density at radius 2 is 1.66 bits per heavy atom. The van der Waals surface area contributed by atoms with Gasteiger partial charge in [-0.2, -0.15) is 0 Å². The lowest BCUT2D eigenvalue weighted by atomic mass is 10.1. The number of aryl methyl sites for hydroxylation is 1. The van der Waals surface area contributed by atoms with Gasteiger partial charge in [0.1, 0.15) is 17.2 Å². The first-order chi connectivity index (χ1) is 15.5. The van der Waals surface area contributed by atoms with E-state index in [-0.39, 0.29) is 0 Å². The molecule has 0 heterocycles. The lowest BCUT2D eigenvalue weighted by molar-refractivity contribution is 0.327. The molecule has 0 spiro atoms. The van der Waals surface area contributed by atoms with E-state index in [0.717, 1.165) is 39.6 Å². The average molecular weight is 451 g/mol. The van der Waals surface area contributed by atoms with Gasteiger partial charge in [0.15, 0.2) is 5.11 Å². The summed E-state index contributed by atoms with van der Waals surface area (Å²) in [6.07, 6.45) is 0. The zero-order valence-corrected chi connectivity index (χ0v) is 19.9. The Labute approximate surface area is 195 Å². The molecule has 0 amide bonds. The minimum absolute atomic E-state index is 0.599. The summed E-state index contributed by atoms with van der Waals surface area (Å²) in [5, 5.41) is 3.99. The Bertz CT molecular complexity index is 1040. The van der Waals surface area contributed by atoms with Gasteiger partial charge in [0.05, 0.1) is 26.5 Å². The Morgan fingerprint density at radius 1 is 0.906 bits per heavy atom. The van der Waals surface area contributed by atoms with Gasteiger partial charge in [-0.25, -0.2) is 0 Å². The highest BCUT2D eigenvalue weighted by atomic mass is 32.1. The van der Waals surface area contributed by atoms with Crippen molar-refractivity contribution in [2.45, 2.75) is 26.9 Å². The largest absolute Gasteiger partial charge is 0.497 e. The number of ether oxygens (including phenoxy) is 3. The van der Waals surface area contributed by atoms with Crippen molar-refractivity contribution in [2.75, 3.05) is 26.1 Å². The number of anilines is 1. The van der Waals surface area contributed by atoms with Crippen LogP contribution in [-0.4, -0.2) is 30.8 Å². The van der Waals surface area contributed by atoms with Crippen molar-refractivity contribution < 1.29 is 14.2 Å². The van der Waals surface area contributed by atoms with E-state index in [9.17, 15) is 0 Å². The molecule has 6 heteroatoms. The number of nitrogens with one attached hydrogen (secondary N) is 1. The minimum Gasteiger partial charge on any atom is -0.497 e. The first-order valence-electron chi connectivity index (χ1n) is 10.6. The first-order valence-corrected chi connectivity index (χ1v) is 11.0. The average Bonchev–Trinajstić information content (AvgIpc) is 2.80. The number of para-hydroxylation sites is 1. The van der Waals surface area contributed by atoms with Crippen LogP contribution in [-0.2, 0) is 13.1 Å². The SMILES string of the molecule is CCOc1ccccc1CN(Cc1ccc(OC)cc1)C(=S)Nc1cc(C)ccc1OC. The van der Waals surface area contributed by atoms with Crippen LogP contribution in [0.4, 0.5) is 5.69 Å². The summed E-state index contributed by atoms with van der Waals surface area (Å²) in [7, 11) is 3.33. The number of benzene rings is 3. The highest BCUT2D eigenvalue weighted by Crippen LogP contribution is 2.27. The Morgan fingerprint density at radius 3 is 2.34 bits per heavy atom. The molecule has 0 radical (unpaired) electrons. The molecule has 0 unspecified atom stereocenters. The Kier molecular flexibility index (Phi) is 8.34. The van der Waals surface area contributed by atoms with Crippen LogP contribution >= 0.6 is 12.2 Å². The summed E-state index contributed by atoms with van der Waals surface area (Å²) in [4.78, 5) is 2.12. The van der Waals surface area contributed by atoms with Gasteiger partial charge < -0.3 is 24.4 Å². The normalized spacial score (nSPS) is 10.4. The molecular weight excluding hydrogens is 420 g/mol. The van der Waals surface area contributed by atoms with Crippen molar-refractivity contribution in [3.8, 4) is 17.2 Å². The molecule has 0 saturated carbocycles. The van der Waals surface area contributed by atoms with Gasteiger partial charge in [-0.3, -0.25) is 0 Å². The molecule has 32 heavy (non-hydrogen) atoms. The summed E-state index contributed by atoms with van der Waals surface area (Å²) < 4.78 is 16.7. The third-order valence-corrected chi connectivity index (χ3v) is 5.41. The lowest BCUT2D eigenvalue weighted by Crippen LogP contribution is -2.34. The topological polar surface area (TPSA) is 43.0 Å². The van der Waals surface area contributed by atoms with E-state index in [1.165, 1.54) is 0 Å². The highest BCUT2D eigenvalue weighted by Gasteiger charge is 2.16. The van der Waals surface area contributed by atoms with Crippen LogP contribution in [0.5, 0.6) is 17.2 Å². The van der Waals surface area contributed by atoms with Gasteiger partial charge in [0, 0.05) is 18.7 Å². The van der Waals surface area contributed by atoms with Crippen molar-refractivity contribution in [1.29, 1.82) is 0 Å². The molecule has 0 aliphatic heterocycles. The minimum atomic E-state index is 0.599. The highest BCUT2D eigenvalue weighted by molar-refractivity contribution is 7.80. The second-order valence-electron chi connectivity index (χ2n) is 7.38. The van der Waals surface area contributed by atoms with Crippen molar-refractivity contribution in [3.63, 3.8) is 0 Å². The van der Waals surface area contributed by atoms with Crippen LogP contribution in [0.1, 0.15) is 23.6 Å². The molecule has 0 aromatic heterocycles. The van der Waals surface area contributed by atoms with E-state index in [4.69, 9.17) is 26.4 Å². The van der Waals surface area contributed by atoms with Gasteiger partial charge in [-0.05, 0) is 67.5 Å². The van der Waals surface area contributed by atoms with Crippen molar-refractivity contribution in [2.24, 2.45) is 0 Å². The maximum absolute atomic E-state index is 5.86. The van der Waals surface area contributed by atoms with Crippen LogP contribution in [0.15, 0.2) is 66.7 Å². The monoisotopic (exact) mass is 450 g/mol. The molecule has 0 aliphatic rings. The van der Waals surface area contributed by atoms with Gasteiger partial charge in [0.2, 0.25) is 0 Å². The number of hydrogen-bond acceptors (Lipinski definition) is 4. The Balaban J connectivity index is 1.88. The number of thiocarbonyl (C=S) groups is 1. The van der Waals surface area contributed by atoms with E-state index in [1.54, 1.807) is 14.2 Å². The van der Waals surface area contributed by atoms with Gasteiger partial charge in [0.25, 0.3) is 0 Å². The van der Waals surface area contributed by atoms with Crippen molar-refractivity contribution in [3.05, 3.63) is 83.4 Å². The van der Waals surface area contributed by atoms with Gasteiger partial charge in [-0.15, -0.1) is 0 Å². The molecule has 0 atom stereocenters. The van der Waals surface area contributed by atoms with Crippen molar-refractivity contribution in [1.82, 2.24) is 4.90 Å². The van der Waals surface area contributed by atoms with Gasteiger partial charge >= 0.3 is 0 Å². The predicted octanol–water partition coefficient (Wildman–Crippen LogP) is 5.81. The molecule has 1 N–H and O–H groups in total. The molecule has 0 saturated heterocycles. The molecule has 0 bridgehead atoms. The zero-order chi connectivity index (χ0) is 22.9. The van der Waals surface area contributed by atoms with E-state index >= 15 is 0 Å². The number of rotatable bonds is 9. The molecule has 3 aromatic carbocycles. The predicted molar refractivity (Wildman–Crippen MR) is 134 cm³/mol. The van der Waals surface area contributed by atoms with E-state index in [2.05, 4.69) is 28.4 Å². The second kappa shape index (κ2) is 11.4. The van der Waals surface area contributed by atoms with Gasteiger partial charge in [-0.1, -0.05) is 36.4 Å². The first kappa shape index (κ1) is 23.4. The third-order valence-electron chi connectivity index (χ3n) is 5.05. The number of hydrogen-bond donors (Lipinski definition) is 1. The van der Waals surface area contributed by atoms with E-state index in [0.29, 0.717) is 24.8 Å². The van der Waals surface area contributed by atoms with Crippen LogP contribution in [0, 0.1) is 6.92 Å². The molecular formula is C26H30N2O3S. The quantitative estimate of drug-likeness (QED) is 0.415. The summed E-state index contributed by atoms with van der Waals surface area (Å²) in [5.74, 6) is 2.44. The summed E-state index contributed by atoms with van der Waals surface area (Å²) in [6, 6.07) is 22.1. The fourth-order valence-electron chi connectivity index (χ4n) is 3.40. The molecule has 3 rings (SSSR count). The van der Waals surface area contributed by atoms with E-state index < -0.39 is 0 Å². The third kappa shape index (κ3) is 6.14. The second-order valence-corrected chi connectivity index (χ2v) is 7.77.